The van der Waals surface area contributed by atoms with E-state index in [-0.39, 0.29) is 18.8 Å². The third kappa shape index (κ3) is 4.55. The van der Waals surface area contributed by atoms with E-state index in [0.717, 1.165) is 0 Å². The molecule has 0 aromatic carbocycles. The van der Waals surface area contributed by atoms with Gasteiger partial charge >= 0.3 is 18.0 Å². The van der Waals surface area contributed by atoms with Gasteiger partial charge in [-0.3, -0.25) is 10.1 Å². The van der Waals surface area contributed by atoms with Crippen LogP contribution in [0.4, 0.5) is 10.7 Å². The Hall–Kier alpha value is -2.65. The Labute approximate surface area is 114 Å². The summed E-state index contributed by atoms with van der Waals surface area (Å²) >= 11 is 0. The third-order valence-electron chi connectivity index (χ3n) is 2.40. The minimum atomic E-state index is -1.25. The van der Waals surface area contributed by atoms with Gasteiger partial charge in [-0.05, 0) is 6.42 Å². The second-order valence-corrected chi connectivity index (χ2v) is 3.81. The van der Waals surface area contributed by atoms with Crippen molar-refractivity contribution in [2.75, 3.05) is 12.4 Å². The lowest BCUT2D eigenvalue weighted by Crippen LogP contribution is -2.43. The number of esters is 1. The van der Waals surface area contributed by atoms with Crippen LogP contribution in [-0.2, 0) is 21.4 Å². The third-order valence-corrected chi connectivity index (χ3v) is 2.40. The molecule has 3 N–H and O–H groups in total. The van der Waals surface area contributed by atoms with Crippen molar-refractivity contribution in [1.82, 2.24) is 20.1 Å². The number of rotatable bonds is 6. The first kappa shape index (κ1) is 15.4. The van der Waals surface area contributed by atoms with E-state index in [1.54, 1.807) is 7.05 Å². The number of amides is 2. The number of carbonyl (C=O) groups excluding carboxylic acids is 2. The summed E-state index contributed by atoms with van der Waals surface area (Å²) in [7, 11) is 2.76. The highest BCUT2D eigenvalue weighted by Crippen LogP contribution is 2.02. The number of anilines is 1. The number of carbonyl (C=O) groups is 3. The van der Waals surface area contributed by atoms with Crippen LogP contribution in [-0.4, -0.2) is 51.0 Å². The number of nitrogens with one attached hydrogen (secondary N) is 2. The average molecular weight is 285 g/mol. The summed E-state index contributed by atoms with van der Waals surface area (Å²) in [6.07, 6.45) is 1.05. The SMILES string of the molecule is COC(=O)CC[C@@H](NC(=O)Nc1ncnn1C)C(=O)O. The first-order valence-electron chi connectivity index (χ1n) is 5.65. The van der Waals surface area contributed by atoms with Crippen LogP contribution in [0.25, 0.3) is 0 Å². The molecule has 0 aliphatic heterocycles. The smallest absolute Gasteiger partial charge is 0.326 e. The molecule has 2 amide bonds. The van der Waals surface area contributed by atoms with Crippen LogP contribution in [0.3, 0.4) is 0 Å². The summed E-state index contributed by atoms with van der Waals surface area (Å²) in [6.45, 7) is 0. The van der Waals surface area contributed by atoms with Crippen LogP contribution >= 0.6 is 0 Å². The van der Waals surface area contributed by atoms with Crippen LogP contribution in [0.15, 0.2) is 6.33 Å². The maximum atomic E-state index is 11.6. The molecular weight excluding hydrogens is 270 g/mol. The van der Waals surface area contributed by atoms with Gasteiger partial charge in [-0.15, -0.1) is 0 Å². The molecule has 0 fully saturated rings. The molecule has 0 bridgehead atoms. The maximum absolute atomic E-state index is 11.6. The van der Waals surface area contributed by atoms with Gasteiger partial charge in [0.05, 0.1) is 7.11 Å². The highest BCUT2D eigenvalue weighted by Gasteiger charge is 2.21. The first-order chi connectivity index (χ1) is 9.43. The van der Waals surface area contributed by atoms with Crippen LogP contribution in [0.5, 0.6) is 0 Å². The van der Waals surface area contributed by atoms with Crippen molar-refractivity contribution in [2.45, 2.75) is 18.9 Å². The highest BCUT2D eigenvalue weighted by atomic mass is 16.5. The molecule has 1 rings (SSSR count). The summed E-state index contributed by atoms with van der Waals surface area (Å²) in [5.41, 5.74) is 0. The lowest BCUT2D eigenvalue weighted by atomic mass is 10.1. The number of nitrogens with zero attached hydrogens (tertiary/aromatic N) is 3. The molecule has 0 spiro atoms. The second kappa shape index (κ2) is 7.07. The number of aryl methyl sites for hydroxylation is 1. The number of hydrogen-bond donors (Lipinski definition) is 3. The zero-order chi connectivity index (χ0) is 15.1. The largest absolute Gasteiger partial charge is 0.480 e. The molecular formula is C10H15N5O5. The van der Waals surface area contributed by atoms with Crippen molar-refractivity contribution in [1.29, 1.82) is 0 Å². The molecule has 1 aromatic rings. The molecule has 0 aliphatic carbocycles. The van der Waals surface area contributed by atoms with E-state index in [0.29, 0.717) is 0 Å². The summed E-state index contributed by atoms with van der Waals surface area (Å²) in [6, 6.07) is -1.96. The fraction of sp³-hybridized carbons (Fsp3) is 0.500. The number of aliphatic carboxylic acids is 1. The number of carboxylic acids is 1. The van der Waals surface area contributed by atoms with Crippen molar-refractivity contribution in [2.24, 2.45) is 7.05 Å². The van der Waals surface area contributed by atoms with E-state index >= 15 is 0 Å². The minimum Gasteiger partial charge on any atom is -0.480 e. The van der Waals surface area contributed by atoms with Gasteiger partial charge in [-0.2, -0.15) is 10.1 Å². The quantitative estimate of drug-likeness (QED) is 0.590. The fourth-order valence-corrected chi connectivity index (χ4v) is 1.33. The van der Waals surface area contributed by atoms with Crippen molar-refractivity contribution in [3.05, 3.63) is 6.33 Å². The second-order valence-electron chi connectivity index (χ2n) is 3.81. The number of urea groups is 1. The number of carboxylic acid groups (broad SMARTS) is 1. The monoisotopic (exact) mass is 285 g/mol. The molecule has 0 saturated heterocycles. The Morgan fingerprint density at radius 2 is 2.20 bits per heavy atom. The van der Waals surface area contributed by atoms with Crippen LogP contribution < -0.4 is 10.6 Å². The maximum Gasteiger partial charge on any atom is 0.326 e. The summed E-state index contributed by atoms with van der Waals surface area (Å²) in [5, 5.41) is 17.3. The number of aromatic nitrogens is 3. The van der Waals surface area contributed by atoms with Gasteiger partial charge in [0.25, 0.3) is 0 Å². The molecule has 1 aromatic heterocycles. The van der Waals surface area contributed by atoms with Crippen LogP contribution in [0, 0.1) is 0 Å². The average Bonchev–Trinajstić information content (AvgIpc) is 2.79. The van der Waals surface area contributed by atoms with Gasteiger partial charge in [0.15, 0.2) is 0 Å². The van der Waals surface area contributed by atoms with E-state index < -0.39 is 24.0 Å². The lowest BCUT2D eigenvalue weighted by Gasteiger charge is -2.14. The van der Waals surface area contributed by atoms with Gasteiger partial charge in [0, 0.05) is 13.5 Å². The summed E-state index contributed by atoms with van der Waals surface area (Å²) in [4.78, 5) is 37.3. The number of methoxy groups -OCH3 is 1. The van der Waals surface area contributed by atoms with Gasteiger partial charge in [-0.1, -0.05) is 0 Å². The van der Waals surface area contributed by atoms with Crippen molar-refractivity contribution < 1.29 is 24.2 Å². The Morgan fingerprint density at radius 1 is 1.50 bits per heavy atom. The molecule has 0 radical (unpaired) electrons. The molecule has 1 heterocycles. The molecule has 10 nitrogen and oxygen atoms in total. The first-order valence-corrected chi connectivity index (χ1v) is 5.65. The fourth-order valence-electron chi connectivity index (χ4n) is 1.33. The van der Waals surface area contributed by atoms with Crippen molar-refractivity contribution in [3.63, 3.8) is 0 Å². The van der Waals surface area contributed by atoms with E-state index in [4.69, 9.17) is 5.11 Å². The number of hydrogen-bond acceptors (Lipinski definition) is 6. The molecule has 0 saturated carbocycles. The normalized spacial score (nSPS) is 11.5. The van der Waals surface area contributed by atoms with Gasteiger partial charge < -0.3 is 15.2 Å². The Morgan fingerprint density at radius 3 is 2.70 bits per heavy atom. The van der Waals surface area contributed by atoms with Gasteiger partial charge in [-0.25, -0.2) is 14.3 Å². The number of ether oxygens (including phenoxy) is 1. The van der Waals surface area contributed by atoms with Crippen LogP contribution in [0.1, 0.15) is 12.8 Å². The predicted molar refractivity (Wildman–Crippen MR) is 65.8 cm³/mol. The van der Waals surface area contributed by atoms with Crippen molar-refractivity contribution in [3.8, 4) is 0 Å². The Bertz CT molecular complexity index is 500. The Kier molecular flexibility index (Phi) is 5.44. The van der Waals surface area contributed by atoms with E-state index in [1.807, 2.05) is 0 Å². The lowest BCUT2D eigenvalue weighted by molar-refractivity contribution is -0.142. The topological polar surface area (TPSA) is 135 Å². The molecule has 1 atom stereocenters. The summed E-state index contributed by atoms with van der Waals surface area (Å²) < 4.78 is 5.71. The molecule has 10 heteroatoms. The zero-order valence-corrected chi connectivity index (χ0v) is 11.0. The predicted octanol–water partition coefficient (Wildman–Crippen LogP) is -0.657. The summed E-state index contributed by atoms with van der Waals surface area (Å²) in [5.74, 6) is -1.63. The van der Waals surface area contributed by atoms with Crippen molar-refractivity contribution >= 4 is 23.9 Å². The molecule has 0 unspecified atom stereocenters. The van der Waals surface area contributed by atoms with E-state index in [1.165, 1.54) is 18.1 Å². The van der Waals surface area contributed by atoms with E-state index in [9.17, 15) is 14.4 Å². The molecule has 110 valence electrons. The van der Waals surface area contributed by atoms with Gasteiger partial charge in [0.1, 0.15) is 12.4 Å². The van der Waals surface area contributed by atoms with Crippen LogP contribution in [0.2, 0.25) is 0 Å². The molecule has 0 aliphatic rings. The Balaban J connectivity index is 2.53. The minimum absolute atomic E-state index is 0.0752. The standard InChI is InChI=1S/C10H15N5O5/c1-15-9(11-5-12-15)14-10(19)13-6(8(17)18)3-4-7(16)20-2/h5-6H,3-4H2,1-2H3,(H,17,18)(H2,11,12,13,14,19)/t6-/m1/s1. The molecule has 20 heavy (non-hydrogen) atoms. The zero-order valence-electron chi connectivity index (χ0n) is 11.0. The van der Waals surface area contributed by atoms with E-state index in [2.05, 4.69) is 25.5 Å². The van der Waals surface area contributed by atoms with Gasteiger partial charge in [0.2, 0.25) is 5.95 Å². The highest BCUT2D eigenvalue weighted by molar-refractivity contribution is 5.91.